The Morgan fingerprint density at radius 3 is 2.26 bits per heavy atom. The van der Waals surface area contributed by atoms with Gasteiger partial charge in [-0.05, 0) is 104 Å². The van der Waals surface area contributed by atoms with Crippen LogP contribution in [0.1, 0.15) is 113 Å². The molecular weight excluding hydrogens is 420 g/mol. The van der Waals surface area contributed by atoms with Crippen LogP contribution in [0.4, 0.5) is 0 Å². The van der Waals surface area contributed by atoms with E-state index < -0.39 is 0 Å². The van der Waals surface area contributed by atoms with E-state index in [1.165, 1.54) is 25.7 Å². The summed E-state index contributed by atoms with van der Waals surface area (Å²) in [4.78, 5) is 25.7. The van der Waals surface area contributed by atoms with Crippen molar-refractivity contribution in [3.05, 3.63) is 11.6 Å². The van der Waals surface area contributed by atoms with Crippen molar-refractivity contribution in [1.82, 2.24) is 0 Å². The zero-order valence-corrected chi connectivity index (χ0v) is 23.1. The van der Waals surface area contributed by atoms with Gasteiger partial charge in [0, 0.05) is 11.8 Å². The summed E-state index contributed by atoms with van der Waals surface area (Å²) >= 11 is 0. The van der Waals surface area contributed by atoms with Crippen molar-refractivity contribution >= 4 is 11.8 Å². The molecule has 0 aliphatic heterocycles. The van der Waals surface area contributed by atoms with Crippen LogP contribution >= 0.6 is 0 Å². The van der Waals surface area contributed by atoms with Gasteiger partial charge in [-0.3, -0.25) is 9.59 Å². The van der Waals surface area contributed by atoms with Crippen molar-refractivity contribution in [2.45, 2.75) is 113 Å². The monoisotopic (exact) mass is 468 g/mol. The third kappa shape index (κ3) is 2.88. The SMILES string of the molecule is COC(=O)[C@@]1(C)CC[C@]2(C)CC[C@]3(C)C(=CC[C@@H]4[C@@]5(C)CCC(=O)C(C)(C)[C@@H]5CC[C@]43C)[C@@H]2C1. The molecule has 0 bridgehead atoms. The normalized spacial score (nSPS) is 51.8. The molecule has 4 saturated carbocycles. The van der Waals surface area contributed by atoms with E-state index in [1.807, 2.05) is 0 Å². The molecule has 0 spiro atoms. The Hall–Kier alpha value is -1.12. The quantitative estimate of drug-likeness (QED) is 0.295. The number of hydrogen-bond acceptors (Lipinski definition) is 3. The molecule has 5 aliphatic carbocycles. The van der Waals surface area contributed by atoms with Gasteiger partial charge in [0.25, 0.3) is 0 Å². The van der Waals surface area contributed by atoms with Crippen molar-refractivity contribution in [3.8, 4) is 0 Å². The fraction of sp³-hybridized carbons (Fsp3) is 0.871. The lowest BCUT2D eigenvalue weighted by atomic mass is 9.33. The molecule has 34 heavy (non-hydrogen) atoms. The minimum Gasteiger partial charge on any atom is -0.469 e. The van der Waals surface area contributed by atoms with Gasteiger partial charge in [0.05, 0.1) is 12.5 Å². The molecule has 0 N–H and O–H groups in total. The summed E-state index contributed by atoms with van der Waals surface area (Å²) in [6, 6.07) is 0. The molecule has 8 atom stereocenters. The highest BCUT2D eigenvalue weighted by atomic mass is 16.5. The van der Waals surface area contributed by atoms with E-state index in [4.69, 9.17) is 4.74 Å². The first-order valence-electron chi connectivity index (χ1n) is 14.0. The summed E-state index contributed by atoms with van der Waals surface area (Å²) in [6.45, 7) is 16.8. The lowest BCUT2D eigenvalue weighted by molar-refractivity contribution is -0.185. The largest absolute Gasteiger partial charge is 0.469 e. The van der Waals surface area contributed by atoms with E-state index in [0.29, 0.717) is 29.0 Å². The number of hydrogen-bond donors (Lipinski definition) is 0. The number of allylic oxidation sites excluding steroid dienone is 2. The number of Topliss-reactive ketones (excluding diaryl/α,β-unsaturated/α-hetero) is 1. The number of methoxy groups -OCH3 is 1. The van der Waals surface area contributed by atoms with Gasteiger partial charge in [-0.15, -0.1) is 0 Å². The lowest BCUT2D eigenvalue weighted by Crippen LogP contribution is -2.64. The second-order valence-electron chi connectivity index (χ2n) is 14.9. The van der Waals surface area contributed by atoms with Crippen molar-refractivity contribution in [2.24, 2.45) is 50.2 Å². The van der Waals surface area contributed by atoms with E-state index in [0.717, 1.165) is 38.5 Å². The molecule has 0 amide bonds. The average molecular weight is 469 g/mol. The highest BCUT2D eigenvalue weighted by Crippen LogP contribution is 2.75. The maximum absolute atomic E-state index is 12.9. The molecule has 0 aromatic heterocycles. The molecule has 4 fully saturated rings. The standard InChI is InChI=1S/C31H48O3/c1-26(2)22-11-14-31(7)23(29(22,5)13-12-24(26)32)10-9-20-21-19-28(4,25(33)34-8)16-15-27(21,3)17-18-30(20,31)6/h9,21-23H,10-19H2,1-8H3/t21-,22-,23+,27+,28-,29-,30+,31+/m0/s1. The van der Waals surface area contributed by atoms with E-state index in [-0.39, 0.29) is 33.0 Å². The van der Waals surface area contributed by atoms with Crippen molar-refractivity contribution in [2.75, 3.05) is 7.11 Å². The van der Waals surface area contributed by atoms with Crippen LogP contribution in [0, 0.1) is 50.2 Å². The second kappa shape index (κ2) is 7.22. The fourth-order valence-corrected chi connectivity index (χ4v) is 10.6. The van der Waals surface area contributed by atoms with Crippen molar-refractivity contribution in [1.29, 1.82) is 0 Å². The van der Waals surface area contributed by atoms with Crippen LogP contribution in [0.15, 0.2) is 11.6 Å². The molecule has 3 nitrogen and oxygen atoms in total. The number of fused-ring (bicyclic) bond motifs is 7. The van der Waals surface area contributed by atoms with E-state index >= 15 is 0 Å². The van der Waals surface area contributed by atoms with Crippen LogP contribution in [0.25, 0.3) is 0 Å². The van der Waals surface area contributed by atoms with Crippen LogP contribution < -0.4 is 0 Å². The highest BCUT2D eigenvalue weighted by Gasteiger charge is 2.68. The van der Waals surface area contributed by atoms with Crippen LogP contribution in [0.2, 0.25) is 0 Å². The summed E-state index contributed by atoms with van der Waals surface area (Å²) in [5.74, 6) is 2.04. The number of ketones is 1. The molecule has 0 unspecified atom stereocenters. The zero-order chi connectivity index (χ0) is 24.9. The molecule has 5 aliphatic rings. The minimum absolute atomic E-state index is 0.0237. The maximum Gasteiger partial charge on any atom is 0.311 e. The Morgan fingerprint density at radius 2 is 1.59 bits per heavy atom. The number of carbonyl (C=O) groups excluding carboxylic acids is 2. The van der Waals surface area contributed by atoms with Gasteiger partial charge in [-0.25, -0.2) is 0 Å². The molecule has 0 radical (unpaired) electrons. The molecule has 5 rings (SSSR count). The number of carbonyl (C=O) groups is 2. The number of rotatable bonds is 1. The topological polar surface area (TPSA) is 43.4 Å². The van der Waals surface area contributed by atoms with Gasteiger partial charge in [-0.2, -0.15) is 0 Å². The predicted molar refractivity (Wildman–Crippen MR) is 136 cm³/mol. The Bertz CT molecular complexity index is 946. The average Bonchev–Trinajstić information content (AvgIpc) is 2.77. The second-order valence-corrected chi connectivity index (χ2v) is 14.9. The summed E-state index contributed by atoms with van der Waals surface area (Å²) in [5, 5.41) is 0. The summed E-state index contributed by atoms with van der Waals surface area (Å²) in [5.41, 5.74) is 2.05. The third-order valence-corrected chi connectivity index (χ3v) is 13.3. The molecule has 190 valence electrons. The van der Waals surface area contributed by atoms with Crippen LogP contribution in [-0.2, 0) is 14.3 Å². The first kappa shape index (κ1) is 24.6. The summed E-state index contributed by atoms with van der Waals surface area (Å²) in [6.07, 6.45) is 13.5. The molecular formula is C31H48O3. The Labute approximate surface area is 207 Å². The van der Waals surface area contributed by atoms with Gasteiger partial charge in [0.15, 0.2) is 0 Å². The lowest BCUT2D eigenvalue weighted by Gasteiger charge is -2.70. The van der Waals surface area contributed by atoms with E-state index in [1.54, 1.807) is 12.7 Å². The van der Waals surface area contributed by atoms with Crippen LogP contribution in [-0.4, -0.2) is 18.9 Å². The first-order chi connectivity index (χ1) is 15.7. The van der Waals surface area contributed by atoms with Crippen molar-refractivity contribution < 1.29 is 14.3 Å². The number of ether oxygens (including phenoxy) is 1. The van der Waals surface area contributed by atoms with Gasteiger partial charge in [0.1, 0.15) is 5.78 Å². The molecule has 0 heterocycles. The molecule has 3 heteroatoms. The van der Waals surface area contributed by atoms with Gasteiger partial charge in [0.2, 0.25) is 0 Å². The summed E-state index contributed by atoms with van der Waals surface area (Å²) < 4.78 is 5.29. The summed E-state index contributed by atoms with van der Waals surface area (Å²) in [7, 11) is 1.55. The fourth-order valence-electron chi connectivity index (χ4n) is 10.6. The van der Waals surface area contributed by atoms with Gasteiger partial charge >= 0.3 is 5.97 Å². The Kier molecular flexibility index (Phi) is 5.22. The minimum atomic E-state index is -0.368. The highest BCUT2D eigenvalue weighted by molar-refractivity contribution is 5.85. The molecule has 0 aromatic carbocycles. The number of esters is 1. The van der Waals surface area contributed by atoms with E-state index in [2.05, 4.69) is 54.5 Å². The maximum atomic E-state index is 12.9. The van der Waals surface area contributed by atoms with Crippen molar-refractivity contribution in [3.63, 3.8) is 0 Å². The van der Waals surface area contributed by atoms with Crippen LogP contribution in [0.3, 0.4) is 0 Å². The third-order valence-electron chi connectivity index (χ3n) is 13.3. The smallest absolute Gasteiger partial charge is 0.311 e. The Morgan fingerprint density at radius 1 is 0.912 bits per heavy atom. The Balaban J connectivity index is 1.56. The van der Waals surface area contributed by atoms with Gasteiger partial charge < -0.3 is 4.74 Å². The van der Waals surface area contributed by atoms with Gasteiger partial charge in [-0.1, -0.05) is 53.2 Å². The zero-order valence-electron chi connectivity index (χ0n) is 23.1. The van der Waals surface area contributed by atoms with E-state index in [9.17, 15) is 9.59 Å². The molecule has 0 saturated heterocycles. The van der Waals surface area contributed by atoms with Crippen LogP contribution in [0.5, 0.6) is 0 Å². The first-order valence-corrected chi connectivity index (χ1v) is 14.0. The molecule has 0 aromatic rings. The predicted octanol–water partition coefficient (Wildman–Crippen LogP) is 7.53.